The molecule has 0 N–H and O–H groups in total. The van der Waals surface area contributed by atoms with Crippen LogP contribution in [0.25, 0.3) is 0 Å². The summed E-state index contributed by atoms with van der Waals surface area (Å²) in [6.45, 7) is 4.48. The van der Waals surface area contributed by atoms with Crippen LogP contribution in [0.15, 0.2) is 18.2 Å². The summed E-state index contributed by atoms with van der Waals surface area (Å²) in [5.74, 6) is -0.832. The number of carbonyl (C=O) groups is 1. The quantitative estimate of drug-likeness (QED) is 0.610. The first-order valence-electron chi connectivity index (χ1n) is 6.15. The Morgan fingerprint density at radius 1 is 1.47 bits per heavy atom. The molecule has 0 radical (unpaired) electrons. The molecule has 0 spiro atoms. The highest BCUT2D eigenvalue weighted by atomic mass is 19.1. The fraction of sp³-hybridized carbons (Fsp3) is 0.462. The van der Waals surface area contributed by atoms with Crippen LogP contribution in [0.5, 0.6) is 0 Å². The molecule has 1 amide bonds. The van der Waals surface area contributed by atoms with Gasteiger partial charge in [0.2, 0.25) is 0 Å². The number of likely N-dealkylation sites (tertiary alicyclic amines) is 1. The van der Waals surface area contributed by atoms with Crippen molar-refractivity contribution in [1.82, 2.24) is 4.90 Å². The number of nitro benzene ring substituents is 1. The summed E-state index contributed by atoms with van der Waals surface area (Å²) in [5.41, 5.74) is -0.500. The Morgan fingerprint density at radius 3 is 2.68 bits per heavy atom. The molecule has 1 heterocycles. The maximum Gasteiger partial charge on any atom is 0.270 e. The molecule has 1 fully saturated rings. The van der Waals surface area contributed by atoms with E-state index in [9.17, 15) is 19.3 Å². The lowest BCUT2D eigenvalue weighted by Crippen LogP contribution is -2.34. The summed E-state index contributed by atoms with van der Waals surface area (Å²) >= 11 is 0. The number of hydrogen-bond donors (Lipinski definition) is 0. The Labute approximate surface area is 110 Å². The standard InChI is InChI=1S/C13H15FN2O3/c1-8-5-9(2)15(7-8)13(17)11-6-10(16(18)19)3-4-12(11)14/h3-4,6,8-9H,5,7H2,1-2H3. The van der Waals surface area contributed by atoms with E-state index in [0.29, 0.717) is 12.5 Å². The third-order valence-electron chi connectivity index (χ3n) is 3.44. The van der Waals surface area contributed by atoms with Gasteiger partial charge in [-0.2, -0.15) is 0 Å². The molecule has 1 aromatic carbocycles. The zero-order valence-corrected chi connectivity index (χ0v) is 10.8. The van der Waals surface area contributed by atoms with Crippen molar-refractivity contribution in [3.8, 4) is 0 Å². The number of halogens is 1. The van der Waals surface area contributed by atoms with Crippen molar-refractivity contribution < 1.29 is 14.1 Å². The second kappa shape index (κ2) is 4.95. The lowest BCUT2D eigenvalue weighted by molar-refractivity contribution is -0.384. The van der Waals surface area contributed by atoms with E-state index >= 15 is 0 Å². The monoisotopic (exact) mass is 266 g/mol. The van der Waals surface area contributed by atoms with Gasteiger partial charge in [-0.25, -0.2) is 4.39 Å². The van der Waals surface area contributed by atoms with E-state index < -0.39 is 16.6 Å². The molecule has 19 heavy (non-hydrogen) atoms. The van der Waals surface area contributed by atoms with Crippen LogP contribution < -0.4 is 0 Å². The van der Waals surface area contributed by atoms with Gasteiger partial charge in [0, 0.05) is 24.7 Å². The fourth-order valence-corrected chi connectivity index (χ4v) is 2.53. The van der Waals surface area contributed by atoms with E-state index in [1.807, 2.05) is 13.8 Å². The van der Waals surface area contributed by atoms with E-state index in [1.165, 1.54) is 0 Å². The van der Waals surface area contributed by atoms with Gasteiger partial charge in [0.25, 0.3) is 11.6 Å². The van der Waals surface area contributed by atoms with Gasteiger partial charge in [-0.15, -0.1) is 0 Å². The minimum absolute atomic E-state index is 0.0289. The zero-order valence-electron chi connectivity index (χ0n) is 10.8. The van der Waals surface area contributed by atoms with Gasteiger partial charge in [0.05, 0.1) is 10.5 Å². The molecule has 1 aliphatic rings. The van der Waals surface area contributed by atoms with Crippen LogP contribution in [0, 0.1) is 21.8 Å². The number of amides is 1. The number of hydrogen-bond acceptors (Lipinski definition) is 3. The molecule has 0 saturated carbocycles. The molecule has 1 aliphatic heterocycles. The molecule has 0 aliphatic carbocycles. The van der Waals surface area contributed by atoms with E-state index in [-0.39, 0.29) is 17.3 Å². The van der Waals surface area contributed by atoms with E-state index in [4.69, 9.17) is 0 Å². The molecule has 6 heteroatoms. The Kier molecular flexibility index (Phi) is 3.50. The SMILES string of the molecule is CC1CC(C)N(C(=O)c2cc([N+](=O)[O-])ccc2F)C1. The van der Waals surface area contributed by atoms with Crippen LogP contribution in [-0.2, 0) is 0 Å². The molecule has 2 unspecified atom stereocenters. The Bertz CT molecular complexity index is 533. The highest BCUT2D eigenvalue weighted by Gasteiger charge is 2.32. The number of carbonyl (C=O) groups excluding carboxylic acids is 1. The van der Waals surface area contributed by atoms with Gasteiger partial charge < -0.3 is 4.90 Å². The first-order chi connectivity index (χ1) is 8.90. The Balaban J connectivity index is 2.33. The number of nitrogens with zero attached hydrogens (tertiary/aromatic N) is 2. The lowest BCUT2D eigenvalue weighted by atomic mass is 10.1. The average molecular weight is 266 g/mol. The molecular weight excluding hydrogens is 251 g/mol. The van der Waals surface area contributed by atoms with Crippen molar-refractivity contribution in [3.63, 3.8) is 0 Å². The summed E-state index contributed by atoms with van der Waals surface area (Å²) in [5, 5.41) is 10.7. The first kappa shape index (κ1) is 13.5. The normalized spacial score (nSPS) is 22.6. The smallest absolute Gasteiger partial charge is 0.270 e. The molecule has 2 rings (SSSR count). The molecule has 0 bridgehead atoms. The minimum atomic E-state index is -0.720. The first-order valence-corrected chi connectivity index (χ1v) is 6.15. The summed E-state index contributed by atoms with van der Waals surface area (Å²) in [6.07, 6.45) is 0.863. The van der Waals surface area contributed by atoms with Gasteiger partial charge in [-0.1, -0.05) is 6.92 Å². The predicted octanol–water partition coefficient (Wildman–Crippen LogP) is 2.60. The largest absolute Gasteiger partial charge is 0.336 e. The van der Waals surface area contributed by atoms with Gasteiger partial charge in [0.1, 0.15) is 5.82 Å². The van der Waals surface area contributed by atoms with Crippen molar-refractivity contribution in [1.29, 1.82) is 0 Å². The van der Waals surface area contributed by atoms with Crippen molar-refractivity contribution in [2.45, 2.75) is 26.3 Å². The number of benzene rings is 1. The molecular formula is C13H15FN2O3. The molecule has 102 valence electrons. The van der Waals surface area contributed by atoms with E-state index in [2.05, 4.69) is 0 Å². The van der Waals surface area contributed by atoms with Crippen molar-refractivity contribution in [2.24, 2.45) is 5.92 Å². The Hall–Kier alpha value is -1.98. The topological polar surface area (TPSA) is 63.5 Å². The maximum atomic E-state index is 13.7. The fourth-order valence-electron chi connectivity index (χ4n) is 2.53. The van der Waals surface area contributed by atoms with Crippen LogP contribution in [0.2, 0.25) is 0 Å². The summed E-state index contributed by atoms with van der Waals surface area (Å²) in [4.78, 5) is 23.9. The van der Waals surface area contributed by atoms with Gasteiger partial charge >= 0.3 is 0 Å². The van der Waals surface area contributed by atoms with Crippen LogP contribution in [0.3, 0.4) is 0 Å². The predicted molar refractivity (Wildman–Crippen MR) is 67.3 cm³/mol. The second-order valence-electron chi connectivity index (χ2n) is 5.07. The third kappa shape index (κ3) is 2.57. The van der Waals surface area contributed by atoms with Gasteiger partial charge in [-0.05, 0) is 25.3 Å². The second-order valence-corrected chi connectivity index (χ2v) is 5.07. The minimum Gasteiger partial charge on any atom is -0.336 e. The number of nitro groups is 1. The van der Waals surface area contributed by atoms with Crippen molar-refractivity contribution in [3.05, 3.63) is 39.7 Å². The van der Waals surface area contributed by atoms with Crippen LogP contribution >= 0.6 is 0 Å². The Morgan fingerprint density at radius 2 is 2.16 bits per heavy atom. The summed E-state index contributed by atoms with van der Waals surface area (Å²) < 4.78 is 13.7. The van der Waals surface area contributed by atoms with Crippen molar-refractivity contribution >= 4 is 11.6 Å². The molecule has 1 saturated heterocycles. The molecule has 5 nitrogen and oxygen atoms in total. The molecule has 1 aromatic rings. The van der Waals surface area contributed by atoms with Crippen molar-refractivity contribution in [2.75, 3.05) is 6.54 Å². The van der Waals surface area contributed by atoms with Gasteiger partial charge in [0.15, 0.2) is 0 Å². The lowest BCUT2D eigenvalue weighted by Gasteiger charge is -2.21. The number of rotatable bonds is 2. The summed E-state index contributed by atoms with van der Waals surface area (Å²) in [6, 6.07) is 3.06. The highest BCUT2D eigenvalue weighted by Crippen LogP contribution is 2.26. The molecule has 0 aromatic heterocycles. The van der Waals surface area contributed by atoms with Crippen LogP contribution in [0.1, 0.15) is 30.6 Å². The zero-order chi connectivity index (χ0) is 14.2. The van der Waals surface area contributed by atoms with Crippen LogP contribution in [-0.4, -0.2) is 28.3 Å². The molecule has 2 atom stereocenters. The maximum absolute atomic E-state index is 13.7. The highest BCUT2D eigenvalue weighted by molar-refractivity contribution is 5.95. The average Bonchev–Trinajstić information content (AvgIpc) is 2.68. The van der Waals surface area contributed by atoms with E-state index in [1.54, 1.807) is 4.90 Å². The third-order valence-corrected chi connectivity index (χ3v) is 3.44. The van der Waals surface area contributed by atoms with Crippen LogP contribution in [0.4, 0.5) is 10.1 Å². The van der Waals surface area contributed by atoms with Gasteiger partial charge in [-0.3, -0.25) is 14.9 Å². The number of non-ortho nitro benzene ring substituents is 1. The van der Waals surface area contributed by atoms with E-state index in [0.717, 1.165) is 24.6 Å². The summed E-state index contributed by atoms with van der Waals surface area (Å²) in [7, 11) is 0.